The zero-order valence-corrected chi connectivity index (χ0v) is 15.1. The number of amides is 1. The highest BCUT2D eigenvalue weighted by Crippen LogP contribution is 2.20. The van der Waals surface area contributed by atoms with E-state index >= 15 is 0 Å². The molecule has 2 aliphatic rings. The molecule has 0 radical (unpaired) electrons. The van der Waals surface area contributed by atoms with E-state index in [1.54, 1.807) is 0 Å². The lowest BCUT2D eigenvalue weighted by atomic mass is 9.96. The molecule has 134 valence electrons. The number of piperidine rings is 1. The Morgan fingerprint density at radius 2 is 1.83 bits per heavy atom. The molecule has 24 heavy (non-hydrogen) atoms. The summed E-state index contributed by atoms with van der Waals surface area (Å²) >= 11 is 0. The van der Waals surface area contributed by atoms with Crippen molar-refractivity contribution in [3.8, 4) is 0 Å². The molecule has 0 saturated carbocycles. The third-order valence-electron chi connectivity index (χ3n) is 5.60. The van der Waals surface area contributed by atoms with Gasteiger partial charge in [0.15, 0.2) is 0 Å². The smallest absolute Gasteiger partial charge is 0.236 e. The summed E-state index contributed by atoms with van der Waals surface area (Å²) in [5.41, 5.74) is 0. The number of imidazole rings is 1. The van der Waals surface area contributed by atoms with Gasteiger partial charge in [-0.1, -0.05) is 19.8 Å². The van der Waals surface area contributed by atoms with Crippen molar-refractivity contribution in [2.75, 3.05) is 32.7 Å². The molecule has 2 aliphatic heterocycles. The van der Waals surface area contributed by atoms with Crippen LogP contribution in [0.25, 0.3) is 0 Å². The largest absolute Gasteiger partial charge is 0.342 e. The Labute approximate surface area is 146 Å². The van der Waals surface area contributed by atoms with Gasteiger partial charge in [-0.25, -0.2) is 4.98 Å². The monoisotopic (exact) mass is 332 g/mol. The van der Waals surface area contributed by atoms with E-state index in [1.165, 1.54) is 44.3 Å². The fraction of sp³-hybridized carbons (Fsp3) is 0.789. The summed E-state index contributed by atoms with van der Waals surface area (Å²) in [6, 6.07) is 0. The number of hydrogen-bond donors (Lipinski definition) is 0. The molecule has 1 aromatic rings. The molecule has 0 bridgehead atoms. The number of hydrogen-bond acceptors (Lipinski definition) is 3. The maximum absolute atomic E-state index is 12.5. The van der Waals surface area contributed by atoms with Crippen molar-refractivity contribution < 1.29 is 4.79 Å². The highest BCUT2D eigenvalue weighted by atomic mass is 16.2. The first-order chi connectivity index (χ1) is 11.8. The van der Waals surface area contributed by atoms with Gasteiger partial charge in [0, 0.05) is 38.4 Å². The molecule has 1 aromatic heterocycles. The van der Waals surface area contributed by atoms with Crippen LogP contribution in [-0.2, 0) is 17.8 Å². The number of rotatable bonds is 5. The fourth-order valence-electron chi connectivity index (χ4n) is 4.04. The summed E-state index contributed by atoms with van der Waals surface area (Å²) in [5.74, 6) is 2.25. The minimum atomic E-state index is 0.346. The van der Waals surface area contributed by atoms with Crippen LogP contribution in [0, 0.1) is 5.92 Å². The Morgan fingerprint density at radius 1 is 1.12 bits per heavy atom. The second-order valence-electron chi connectivity index (χ2n) is 7.36. The van der Waals surface area contributed by atoms with E-state index in [1.807, 2.05) is 6.20 Å². The van der Waals surface area contributed by atoms with Gasteiger partial charge in [-0.2, -0.15) is 0 Å². The number of aryl methyl sites for hydroxylation is 1. The zero-order chi connectivity index (χ0) is 16.8. The van der Waals surface area contributed by atoms with Crippen molar-refractivity contribution in [2.24, 2.45) is 5.92 Å². The molecule has 0 unspecified atom stereocenters. The van der Waals surface area contributed by atoms with Gasteiger partial charge in [-0.3, -0.25) is 9.69 Å². The van der Waals surface area contributed by atoms with Crippen molar-refractivity contribution in [3.05, 3.63) is 18.2 Å². The van der Waals surface area contributed by atoms with Gasteiger partial charge in [0.25, 0.3) is 0 Å². The SMILES string of the molecule is CCc1nccn1CC1CCN(CC(=O)N2CCCCCC2)CC1. The topological polar surface area (TPSA) is 41.4 Å². The van der Waals surface area contributed by atoms with Crippen LogP contribution in [-0.4, -0.2) is 58.0 Å². The molecule has 0 spiro atoms. The van der Waals surface area contributed by atoms with E-state index in [0.29, 0.717) is 18.4 Å². The van der Waals surface area contributed by atoms with Crippen LogP contribution < -0.4 is 0 Å². The third kappa shape index (κ3) is 4.59. The number of likely N-dealkylation sites (tertiary alicyclic amines) is 2. The number of aromatic nitrogens is 2. The van der Waals surface area contributed by atoms with Gasteiger partial charge in [0.1, 0.15) is 5.82 Å². The van der Waals surface area contributed by atoms with Gasteiger partial charge >= 0.3 is 0 Å². The highest BCUT2D eigenvalue weighted by molar-refractivity contribution is 5.78. The molecule has 3 heterocycles. The second-order valence-corrected chi connectivity index (χ2v) is 7.36. The fourth-order valence-corrected chi connectivity index (χ4v) is 4.04. The third-order valence-corrected chi connectivity index (χ3v) is 5.60. The summed E-state index contributed by atoms with van der Waals surface area (Å²) < 4.78 is 2.31. The van der Waals surface area contributed by atoms with Crippen LogP contribution in [0.5, 0.6) is 0 Å². The molecule has 5 heteroatoms. The quantitative estimate of drug-likeness (QED) is 0.832. The lowest BCUT2D eigenvalue weighted by molar-refractivity contribution is -0.132. The number of carbonyl (C=O) groups is 1. The Bertz CT molecular complexity index is 511. The average Bonchev–Trinajstić information content (AvgIpc) is 2.87. The Kier molecular flexibility index (Phi) is 6.30. The Hall–Kier alpha value is -1.36. The molecule has 0 aromatic carbocycles. The summed E-state index contributed by atoms with van der Waals surface area (Å²) in [6.07, 6.45) is 12.3. The molecule has 5 nitrogen and oxygen atoms in total. The minimum Gasteiger partial charge on any atom is -0.342 e. The zero-order valence-electron chi connectivity index (χ0n) is 15.1. The van der Waals surface area contributed by atoms with Crippen LogP contribution in [0.1, 0.15) is 51.3 Å². The van der Waals surface area contributed by atoms with Crippen LogP contribution >= 0.6 is 0 Å². The molecule has 0 atom stereocenters. The standard InChI is InChI=1S/C19H32N4O/c1-2-18-20-9-14-23(18)15-17-7-12-21(13-8-17)16-19(24)22-10-5-3-4-6-11-22/h9,14,17H,2-8,10-13,15-16H2,1H3. The molecular formula is C19H32N4O. The van der Waals surface area contributed by atoms with Gasteiger partial charge in [0.05, 0.1) is 6.54 Å². The van der Waals surface area contributed by atoms with Gasteiger partial charge in [0.2, 0.25) is 5.91 Å². The van der Waals surface area contributed by atoms with Crippen molar-refractivity contribution in [1.29, 1.82) is 0 Å². The van der Waals surface area contributed by atoms with Crippen molar-refractivity contribution in [1.82, 2.24) is 19.4 Å². The van der Waals surface area contributed by atoms with Crippen LogP contribution in [0.3, 0.4) is 0 Å². The number of nitrogens with zero attached hydrogens (tertiary/aromatic N) is 4. The Balaban J connectivity index is 1.42. The predicted molar refractivity (Wildman–Crippen MR) is 95.8 cm³/mol. The summed E-state index contributed by atoms with van der Waals surface area (Å²) in [5, 5.41) is 0. The van der Waals surface area contributed by atoms with E-state index in [2.05, 4.69) is 32.5 Å². The van der Waals surface area contributed by atoms with Crippen molar-refractivity contribution >= 4 is 5.91 Å². The number of carbonyl (C=O) groups excluding carboxylic acids is 1. The van der Waals surface area contributed by atoms with E-state index in [9.17, 15) is 4.79 Å². The molecule has 1 amide bonds. The van der Waals surface area contributed by atoms with E-state index in [0.717, 1.165) is 39.1 Å². The van der Waals surface area contributed by atoms with E-state index in [-0.39, 0.29) is 0 Å². The first-order valence-electron chi connectivity index (χ1n) is 9.76. The summed E-state index contributed by atoms with van der Waals surface area (Å²) in [6.45, 7) is 7.91. The maximum atomic E-state index is 12.5. The normalized spacial score (nSPS) is 21.0. The summed E-state index contributed by atoms with van der Waals surface area (Å²) in [7, 11) is 0. The average molecular weight is 332 g/mol. The molecule has 2 fully saturated rings. The molecule has 2 saturated heterocycles. The van der Waals surface area contributed by atoms with Gasteiger partial charge in [-0.05, 0) is 44.7 Å². The first kappa shape index (κ1) is 17.5. The lowest BCUT2D eigenvalue weighted by Gasteiger charge is -2.33. The molecular weight excluding hydrogens is 300 g/mol. The first-order valence-corrected chi connectivity index (χ1v) is 9.76. The molecule has 0 N–H and O–H groups in total. The van der Waals surface area contributed by atoms with E-state index in [4.69, 9.17) is 0 Å². The Morgan fingerprint density at radius 3 is 2.50 bits per heavy atom. The lowest BCUT2D eigenvalue weighted by Crippen LogP contribution is -2.44. The maximum Gasteiger partial charge on any atom is 0.236 e. The van der Waals surface area contributed by atoms with Gasteiger partial charge < -0.3 is 9.47 Å². The van der Waals surface area contributed by atoms with Crippen LogP contribution in [0.15, 0.2) is 12.4 Å². The predicted octanol–water partition coefficient (Wildman–Crippen LogP) is 2.56. The van der Waals surface area contributed by atoms with E-state index < -0.39 is 0 Å². The van der Waals surface area contributed by atoms with Crippen LogP contribution in [0.4, 0.5) is 0 Å². The van der Waals surface area contributed by atoms with Crippen LogP contribution in [0.2, 0.25) is 0 Å². The minimum absolute atomic E-state index is 0.346. The summed E-state index contributed by atoms with van der Waals surface area (Å²) in [4.78, 5) is 21.4. The molecule has 3 rings (SSSR count). The van der Waals surface area contributed by atoms with Crippen molar-refractivity contribution in [3.63, 3.8) is 0 Å². The molecule has 0 aliphatic carbocycles. The van der Waals surface area contributed by atoms with Crippen molar-refractivity contribution in [2.45, 2.75) is 58.4 Å². The second kappa shape index (κ2) is 8.65. The highest BCUT2D eigenvalue weighted by Gasteiger charge is 2.24. The van der Waals surface area contributed by atoms with Gasteiger partial charge in [-0.15, -0.1) is 0 Å².